The molecule has 0 bridgehead atoms. The molecule has 0 saturated heterocycles. The quantitative estimate of drug-likeness (QED) is 0.727. The Morgan fingerprint density at radius 3 is 2.76 bits per heavy atom. The number of nitrogens with zero attached hydrogens (tertiary/aromatic N) is 3. The fraction of sp³-hybridized carbons (Fsp3) is 0.545. The first-order valence-corrected chi connectivity index (χ1v) is 6.06. The second-order valence-electron chi connectivity index (χ2n) is 3.49. The Balaban J connectivity index is 2.54. The Labute approximate surface area is 107 Å². The maximum Gasteiger partial charge on any atom is 0.243 e. The van der Waals surface area contributed by atoms with Gasteiger partial charge in [-0.15, -0.1) is 5.10 Å². The minimum absolute atomic E-state index is 0.276. The van der Waals surface area contributed by atoms with Crippen molar-refractivity contribution in [2.24, 2.45) is 5.73 Å². The van der Waals surface area contributed by atoms with Crippen molar-refractivity contribution in [2.75, 3.05) is 26.2 Å². The lowest BCUT2D eigenvalue weighted by Gasteiger charge is -2.18. The number of hydrogen-bond acceptors (Lipinski definition) is 5. The number of aromatic nitrogens is 2. The first-order chi connectivity index (χ1) is 8.19. The Morgan fingerprint density at radius 2 is 2.18 bits per heavy atom. The third-order valence-electron chi connectivity index (χ3n) is 2.49. The van der Waals surface area contributed by atoms with Crippen LogP contribution in [0.5, 0.6) is 5.88 Å². The Hall–Kier alpha value is -1.27. The highest BCUT2D eigenvalue weighted by atomic mass is 32.1. The molecule has 2 N–H and O–H groups in total. The summed E-state index contributed by atoms with van der Waals surface area (Å²) in [6.45, 7) is 7.64. The van der Waals surface area contributed by atoms with Gasteiger partial charge in [-0.05, 0) is 19.2 Å². The van der Waals surface area contributed by atoms with E-state index in [1.54, 1.807) is 12.3 Å². The van der Waals surface area contributed by atoms with Gasteiger partial charge in [-0.3, -0.25) is 0 Å². The summed E-state index contributed by atoms with van der Waals surface area (Å²) in [4.78, 5) is 2.54. The SMILES string of the molecule is CCN(CC)CCOc1nnccc1C(N)=S. The highest BCUT2D eigenvalue weighted by molar-refractivity contribution is 7.80. The summed E-state index contributed by atoms with van der Waals surface area (Å²) in [6.07, 6.45) is 1.55. The maximum absolute atomic E-state index is 5.57. The first kappa shape index (κ1) is 13.8. The molecule has 17 heavy (non-hydrogen) atoms. The molecule has 0 aliphatic rings. The standard InChI is InChI=1S/C11H18N4OS/c1-3-15(4-2)7-8-16-11-9(10(12)17)5-6-13-14-11/h5-6H,3-4,7-8H2,1-2H3,(H2,12,17). The zero-order valence-corrected chi connectivity index (χ0v) is 11.0. The van der Waals surface area contributed by atoms with E-state index < -0.39 is 0 Å². The third kappa shape index (κ3) is 4.24. The van der Waals surface area contributed by atoms with Gasteiger partial charge in [0.1, 0.15) is 11.6 Å². The fourth-order valence-corrected chi connectivity index (χ4v) is 1.58. The number of ether oxygens (including phenoxy) is 1. The van der Waals surface area contributed by atoms with Crippen molar-refractivity contribution in [1.29, 1.82) is 0 Å². The molecule has 0 fully saturated rings. The van der Waals surface area contributed by atoms with Crippen LogP contribution in [0.15, 0.2) is 12.3 Å². The molecule has 0 spiro atoms. The van der Waals surface area contributed by atoms with E-state index in [0.29, 0.717) is 18.1 Å². The second kappa shape index (κ2) is 7.13. The summed E-state index contributed by atoms with van der Waals surface area (Å²) >= 11 is 4.92. The van der Waals surface area contributed by atoms with E-state index in [1.165, 1.54) is 0 Å². The predicted octanol–water partition coefficient (Wildman–Crippen LogP) is 0.831. The minimum atomic E-state index is 0.276. The summed E-state index contributed by atoms with van der Waals surface area (Å²) in [7, 11) is 0. The van der Waals surface area contributed by atoms with Crippen molar-refractivity contribution in [3.8, 4) is 5.88 Å². The topological polar surface area (TPSA) is 64.3 Å². The summed E-state index contributed by atoms with van der Waals surface area (Å²) in [6, 6.07) is 1.71. The molecule has 0 aromatic carbocycles. The van der Waals surface area contributed by atoms with E-state index in [2.05, 4.69) is 28.9 Å². The number of rotatable bonds is 7. The van der Waals surface area contributed by atoms with Crippen molar-refractivity contribution in [1.82, 2.24) is 15.1 Å². The van der Waals surface area contributed by atoms with Gasteiger partial charge in [0.25, 0.3) is 0 Å². The lowest BCUT2D eigenvalue weighted by Crippen LogP contribution is -2.28. The van der Waals surface area contributed by atoms with Crippen LogP contribution in [0.25, 0.3) is 0 Å². The molecular weight excluding hydrogens is 236 g/mol. The lowest BCUT2D eigenvalue weighted by atomic mass is 10.3. The average molecular weight is 254 g/mol. The van der Waals surface area contributed by atoms with Crippen LogP contribution in [0, 0.1) is 0 Å². The van der Waals surface area contributed by atoms with E-state index >= 15 is 0 Å². The molecule has 1 rings (SSSR count). The van der Waals surface area contributed by atoms with E-state index in [1.807, 2.05) is 0 Å². The number of hydrogen-bond donors (Lipinski definition) is 1. The van der Waals surface area contributed by atoms with Crippen molar-refractivity contribution >= 4 is 17.2 Å². The molecular formula is C11H18N4OS. The van der Waals surface area contributed by atoms with Crippen LogP contribution in [0.2, 0.25) is 0 Å². The molecule has 1 heterocycles. The van der Waals surface area contributed by atoms with Crippen molar-refractivity contribution in [3.05, 3.63) is 17.8 Å². The Morgan fingerprint density at radius 1 is 1.47 bits per heavy atom. The van der Waals surface area contributed by atoms with Crippen LogP contribution in [-0.2, 0) is 0 Å². The molecule has 6 heteroatoms. The molecule has 5 nitrogen and oxygen atoms in total. The van der Waals surface area contributed by atoms with Gasteiger partial charge in [-0.1, -0.05) is 26.1 Å². The second-order valence-corrected chi connectivity index (χ2v) is 3.93. The zero-order chi connectivity index (χ0) is 12.7. The zero-order valence-electron chi connectivity index (χ0n) is 10.2. The molecule has 0 radical (unpaired) electrons. The van der Waals surface area contributed by atoms with Crippen molar-refractivity contribution in [3.63, 3.8) is 0 Å². The number of likely N-dealkylation sites (N-methyl/N-ethyl adjacent to an activating group) is 1. The van der Waals surface area contributed by atoms with Gasteiger partial charge in [0.2, 0.25) is 5.88 Å². The maximum atomic E-state index is 5.57. The molecule has 0 aliphatic carbocycles. The average Bonchev–Trinajstić information content (AvgIpc) is 2.35. The normalized spacial score (nSPS) is 10.5. The highest BCUT2D eigenvalue weighted by Crippen LogP contribution is 2.12. The van der Waals surface area contributed by atoms with Gasteiger partial charge in [-0.2, -0.15) is 5.10 Å². The number of thiocarbonyl (C=S) groups is 1. The molecule has 0 atom stereocenters. The molecule has 0 unspecified atom stereocenters. The monoisotopic (exact) mass is 254 g/mol. The van der Waals surface area contributed by atoms with E-state index in [0.717, 1.165) is 19.6 Å². The Bertz CT molecular complexity index is 368. The van der Waals surface area contributed by atoms with Crippen molar-refractivity contribution in [2.45, 2.75) is 13.8 Å². The smallest absolute Gasteiger partial charge is 0.243 e. The van der Waals surface area contributed by atoms with Crippen molar-refractivity contribution < 1.29 is 4.74 Å². The summed E-state index contributed by atoms with van der Waals surface area (Å²) in [5, 5.41) is 7.65. The highest BCUT2D eigenvalue weighted by Gasteiger charge is 2.08. The lowest BCUT2D eigenvalue weighted by molar-refractivity contribution is 0.216. The van der Waals surface area contributed by atoms with Crippen LogP contribution in [-0.4, -0.2) is 46.3 Å². The van der Waals surface area contributed by atoms with E-state index in [4.69, 9.17) is 22.7 Å². The molecule has 94 valence electrons. The van der Waals surface area contributed by atoms with Crippen LogP contribution in [0.3, 0.4) is 0 Å². The van der Waals surface area contributed by atoms with Gasteiger partial charge < -0.3 is 15.4 Å². The van der Waals surface area contributed by atoms with Crippen LogP contribution < -0.4 is 10.5 Å². The third-order valence-corrected chi connectivity index (χ3v) is 2.71. The molecule has 1 aromatic rings. The minimum Gasteiger partial charge on any atom is -0.475 e. The van der Waals surface area contributed by atoms with Gasteiger partial charge in [0, 0.05) is 6.54 Å². The van der Waals surface area contributed by atoms with Crippen LogP contribution in [0.1, 0.15) is 19.4 Å². The van der Waals surface area contributed by atoms with Gasteiger partial charge in [-0.25, -0.2) is 0 Å². The van der Waals surface area contributed by atoms with Gasteiger partial charge in [0.05, 0.1) is 11.8 Å². The summed E-state index contributed by atoms with van der Waals surface area (Å²) in [5.41, 5.74) is 6.21. The summed E-state index contributed by atoms with van der Waals surface area (Å²) < 4.78 is 5.55. The van der Waals surface area contributed by atoms with Gasteiger partial charge in [0.15, 0.2) is 0 Å². The summed E-state index contributed by atoms with van der Waals surface area (Å²) in [5.74, 6) is 0.409. The molecule has 0 aliphatic heterocycles. The Kier molecular flexibility index (Phi) is 5.79. The number of nitrogens with two attached hydrogens (primary N) is 1. The van der Waals surface area contributed by atoms with Crippen LogP contribution in [0.4, 0.5) is 0 Å². The molecule has 0 saturated carbocycles. The predicted molar refractivity (Wildman–Crippen MR) is 71.2 cm³/mol. The molecule has 1 aromatic heterocycles. The van der Waals surface area contributed by atoms with Gasteiger partial charge >= 0.3 is 0 Å². The first-order valence-electron chi connectivity index (χ1n) is 5.65. The van der Waals surface area contributed by atoms with E-state index in [-0.39, 0.29) is 4.99 Å². The fourth-order valence-electron chi connectivity index (χ4n) is 1.42. The van der Waals surface area contributed by atoms with Crippen LogP contribution >= 0.6 is 12.2 Å². The van der Waals surface area contributed by atoms with E-state index in [9.17, 15) is 0 Å². The largest absolute Gasteiger partial charge is 0.475 e. The molecule has 0 amide bonds.